The van der Waals surface area contributed by atoms with Gasteiger partial charge in [-0.15, -0.1) is 0 Å². The molecular formula is C19H23FN2O2. The standard InChI is InChI=1S/C19H23FN2O2/c1-23-16-7-4-8-17(24-2)18(16)19(22-11-9-21-10-12-22)14-5-3-6-15(20)13-14/h3-8,13,19,21H,9-12H2,1-2H3. The van der Waals surface area contributed by atoms with Gasteiger partial charge in [0.15, 0.2) is 0 Å². The largest absolute Gasteiger partial charge is 0.496 e. The first-order valence-electron chi connectivity index (χ1n) is 8.15. The molecule has 128 valence electrons. The Morgan fingerprint density at radius 1 is 1.00 bits per heavy atom. The molecule has 0 radical (unpaired) electrons. The fourth-order valence-electron chi connectivity index (χ4n) is 3.33. The number of benzene rings is 2. The lowest BCUT2D eigenvalue weighted by molar-refractivity contribution is 0.192. The Hall–Kier alpha value is -2.11. The Kier molecular flexibility index (Phi) is 5.33. The topological polar surface area (TPSA) is 33.7 Å². The number of nitrogens with one attached hydrogen (secondary N) is 1. The number of halogens is 1. The molecule has 0 bridgehead atoms. The molecule has 0 aliphatic carbocycles. The Morgan fingerprint density at radius 3 is 2.21 bits per heavy atom. The van der Waals surface area contributed by atoms with Crippen LogP contribution in [0.15, 0.2) is 42.5 Å². The number of hydrogen-bond donors (Lipinski definition) is 1. The Bertz CT molecular complexity index is 665. The van der Waals surface area contributed by atoms with Gasteiger partial charge in [0, 0.05) is 26.2 Å². The van der Waals surface area contributed by atoms with Crippen LogP contribution in [0, 0.1) is 5.82 Å². The van der Waals surface area contributed by atoms with Crippen LogP contribution < -0.4 is 14.8 Å². The molecule has 2 aromatic rings. The first-order valence-corrected chi connectivity index (χ1v) is 8.15. The van der Waals surface area contributed by atoms with Crippen molar-refractivity contribution in [2.75, 3.05) is 40.4 Å². The van der Waals surface area contributed by atoms with Gasteiger partial charge in [-0.05, 0) is 29.8 Å². The summed E-state index contributed by atoms with van der Waals surface area (Å²) in [6.45, 7) is 3.57. The van der Waals surface area contributed by atoms with Crippen LogP contribution >= 0.6 is 0 Å². The molecule has 1 saturated heterocycles. The van der Waals surface area contributed by atoms with E-state index in [1.54, 1.807) is 26.4 Å². The van der Waals surface area contributed by atoms with Crippen molar-refractivity contribution in [3.8, 4) is 11.5 Å². The zero-order chi connectivity index (χ0) is 16.9. The van der Waals surface area contributed by atoms with Crippen LogP contribution in [0.3, 0.4) is 0 Å². The minimum atomic E-state index is -0.235. The van der Waals surface area contributed by atoms with Gasteiger partial charge in [-0.1, -0.05) is 18.2 Å². The summed E-state index contributed by atoms with van der Waals surface area (Å²) in [6.07, 6.45) is 0. The van der Waals surface area contributed by atoms with Crippen molar-refractivity contribution in [3.05, 3.63) is 59.4 Å². The van der Waals surface area contributed by atoms with Crippen LogP contribution in [-0.2, 0) is 0 Å². The maximum atomic E-state index is 13.9. The quantitative estimate of drug-likeness (QED) is 0.914. The summed E-state index contributed by atoms with van der Waals surface area (Å²) in [4.78, 5) is 2.34. The SMILES string of the molecule is COc1cccc(OC)c1C(c1cccc(F)c1)N1CCNCC1. The van der Waals surface area contributed by atoms with Gasteiger partial charge in [0.05, 0.1) is 25.8 Å². The average molecular weight is 330 g/mol. The molecule has 1 aliphatic heterocycles. The fraction of sp³-hybridized carbons (Fsp3) is 0.368. The molecule has 0 aromatic heterocycles. The van der Waals surface area contributed by atoms with Gasteiger partial charge < -0.3 is 14.8 Å². The van der Waals surface area contributed by atoms with E-state index < -0.39 is 0 Å². The van der Waals surface area contributed by atoms with Gasteiger partial charge in [-0.2, -0.15) is 0 Å². The van der Waals surface area contributed by atoms with Crippen LogP contribution in [0.5, 0.6) is 11.5 Å². The summed E-state index contributed by atoms with van der Waals surface area (Å²) in [5, 5.41) is 3.36. The fourth-order valence-corrected chi connectivity index (χ4v) is 3.33. The van der Waals surface area contributed by atoms with Crippen molar-refractivity contribution >= 4 is 0 Å². The zero-order valence-electron chi connectivity index (χ0n) is 14.1. The highest BCUT2D eigenvalue weighted by Gasteiger charge is 2.29. The molecule has 1 heterocycles. The molecular weight excluding hydrogens is 307 g/mol. The second-order valence-electron chi connectivity index (χ2n) is 5.82. The molecule has 1 unspecified atom stereocenters. The first kappa shape index (κ1) is 16.7. The van der Waals surface area contributed by atoms with Crippen molar-refractivity contribution in [2.45, 2.75) is 6.04 Å². The molecule has 1 N–H and O–H groups in total. The third-order valence-electron chi connectivity index (χ3n) is 4.42. The van der Waals surface area contributed by atoms with Crippen molar-refractivity contribution < 1.29 is 13.9 Å². The van der Waals surface area contributed by atoms with Crippen molar-refractivity contribution in [3.63, 3.8) is 0 Å². The van der Waals surface area contributed by atoms with Crippen LogP contribution in [0.25, 0.3) is 0 Å². The molecule has 24 heavy (non-hydrogen) atoms. The Labute approximate surface area is 142 Å². The third-order valence-corrected chi connectivity index (χ3v) is 4.42. The number of piperazine rings is 1. The van der Waals surface area contributed by atoms with Crippen molar-refractivity contribution in [2.24, 2.45) is 0 Å². The van der Waals surface area contributed by atoms with E-state index in [0.717, 1.165) is 48.8 Å². The predicted molar refractivity (Wildman–Crippen MR) is 92.2 cm³/mol. The summed E-state index contributed by atoms with van der Waals surface area (Å²) in [7, 11) is 3.30. The molecule has 1 fully saturated rings. The normalized spacial score (nSPS) is 16.6. The van der Waals surface area contributed by atoms with Gasteiger partial charge >= 0.3 is 0 Å². The Balaban J connectivity index is 2.14. The smallest absolute Gasteiger partial charge is 0.127 e. The van der Waals surface area contributed by atoms with Gasteiger partial charge in [-0.3, -0.25) is 4.90 Å². The molecule has 0 saturated carbocycles. The minimum absolute atomic E-state index is 0.117. The molecule has 2 aromatic carbocycles. The monoisotopic (exact) mass is 330 g/mol. The lowest BCUT2D eigenvalue weighted by Crippen LogP contribution is -2.45. The maximum Gasteiger partial charge on any atom is 0.127 e. The van der Waals surface area contributed by atoms with Gasteiger partial charge in [0.2, 0.25) is 0 Å². The van der Waals surface area contributed by atoms with Crippen LogP contribution in [0.2, 0.25) is 0 Å². The van der Waals surface area contributed by atoms with E-state index in [0.29, 0.717) is 0 Å². The summed E-state index contributed by atoms with van der Waals surface area (Å²) >= 11 is 0. The van der Waals surface area contributed by atoms with Crippen LogP contribution in [0.1, 0.15) is 17.2 Å². The van der Waals surface area contributed by atoms with Gasteiger partial charge in [-0.25, -0.2) is 4.39 Å². The van der Waals surface area contributed by atoms with E-state index in [9.17, 15) is 4.39 Å². The van der Waals surface area contributed by atoms with E-state index in [1.165, 1.54) is 6.07 Å². The van der Waals surface area contributed by atoms with Gasteiger partial charge in [0.25, 0.3) is 0 Å². The zero-order valence-corrected chi connectivity index (χ0v) is 14.1. The highest BCUT2D eigenvalue weighted by atomic mass is 19.1. The average Bonchev–Trinajstić information content (AvgIpc) is 2.63. The van der Waals surface area contributed by atoms with Crippen molar-refractivity contribution in [1.82, 2.24) is 10.2 Å². The number of hydrogen-bond acceptors (Lipinski definition) is 4. The summed E-state index contributed by atoms with van der Waals surface area (Å²) in [5.74, 6) is 1.27. The maximum absolute atomic E-state index is 13.9. The van der Waals surface area contributed by atoms with Crippen molar-refractivity contribution in [1.29, 1.82) is 0 Å². The van der Waals surface area contributed by atoms with Crippen LogP contribution in [-0.4, -0.2) is 45.3 Å². The highest BCUT2D eigenvalue weighted by molar-refractivity contribution is 5.50. The number of nitrogens with zero attached hydrogens (tertiary/aromatic N) is 1. The van der Waals surface area contributed by atoms with E-state index in [-0.39, 0.29) is 11.9 Å². The predicted octanol–water partition coefficient (Wildman–Crippen LogP) is 2.84. The Morgan fingerprint density at radius 2 is 1.62 bits per heavy atom. The number of ether oxygens (including phenoxy) is 2. The third kappa shape index (κ3) is 3.37. The first-order chi connectivity index (χ1) is 11.7. The minimum Gasteiger partial charge on any atom is -0.496 e. The summed E-state index contributed by atoms with van der Waals surface area (Å²) < 4.78 is 25.1. The molecule has 0 amide bonds. The second-order valence-corrected chi connectivity index (χ2v) is 5.82. The number of rotatable bonds is 5. The molecule has 3 rings (SSSR count). The molecule has 4 nitrogen and oxygen atoms in total. The van der Waals surface area contributed by atoms with Gasteiger partial charge in [0.1, 0.15) is 17.3 Å². The van der Waals surface area contributed by atoms with E-state index in [2.05, 4.69) is 10.2 Å². The lowest BCUT2D eigenvalue weighted by Gasteiger charge is -2.36. The van der Waals surface area contributed by atoms with E-state index in [4.69, 9.17) is 9.47 Å². The highest BCUT2D eigenvalue weighted by Crippen LogP contribution is 2.41. The van der Waals surface area contributed by atoms with E-state index in [1.807, 2.05) is 24.3 Å². The molecule has 1 atom stereocenters. The summed E-state index contributed by atoms with van der Waals surface area (Å²) in [5.41, 5.74) is 1.84. The number of methoxy groups -OCH3 is 2. The molecule has 1 aliphatic rings. The lowest BCUT2D eigenvalue weighted by atomic mass is 9.94. The second kappa shape index (κ2) is 7.64. The molecule has 0 spiro atoms. The van der Waals surface area contributed by atoms with Crippen LogP contribution in [0.4, 0.5) is 4.39 Å². The summed E-state index contributed by atoms with van der Waals surface area (Å²) in [6, 6.07) is 12.4. The van der Waals surface area contributed by atoms with E-state index >= 15 is 0 Å². The molecule has 5 heteroatoms.